The molecule has 1 atom stereocenters. The van der Waals surface area contributed by atoms with Crippen molar-refractivity contribution in [1.82, 2.24) is 25.2 Å². The molecular formula is C27H38N6O2. The molecule has 0 aliphatic carbocycles. The Bertz CT molecular complexity index is 1110. The van der Waals surface area contributed by atoms with Crippen molar-refractivity contribution in [1.29, 1.82) is 0 Å². The minimum absolute atomic E-state index is 0.181. The van der Waals surface area contributed by atoms with Gasteiger partial charge in [0.2, 0.25) is 5.95 Å². The van der Waals surface area contributed by atoms with E-state index in [-0.39, 0.29) is 18.1 Å². The van der Waals surface area contributed by atoms with Gasteiger partial charge in [0.05, 0.1) is 5.52 Å². The molecule has 1 amide bonds. The van der Waals surface area contributed by atoms with Crippen molar-refractivity contribution >= 4 is 22.9 Å². The molecule has 4 heterocycles. The first-order chi connectivity index (χ1) is 17.2. The van der Waals surface area contributed by atoms with Crippen LogP contribution in [0.2, 0.25) is 0 Å². The summed E-state index contributed by atoms with van der Waals surface area (Å²) in [6.07, 6.45) is 7.13. The number of aromatic nitrogens is 3. The van der Waals surface area contributed by atoms with Crippen LogP contribution in [0.3, 0.4) is 0 Å². The number of hydrogen-bond donors (Lipinski definition) is 3. The van der Waals surface area contributed by atoms with Crippen LogP contribution in [-0.2, 0) is 0 Å². The van der Waals surface area contributed by atoms with Crippen LogP contribution in [-0.4, -0.2) is 52.7 Å². The summed E-state index contributed by atoms with van der Waals surface area (Å²) in [5, 5.41) is 10.0. The molecule has 35 heavy (non-hydrogen) atoms. The zero-order valence-corrected chi connectivity index (χ0v) is 21.1. The van der Waals surface area contributed by atoms with Crippen molar-refractivity contribution in [3.63, 3.8) is 0 Å². The summed E-state index contributed by atoms with van der Waals surface area (Å²) in [6.45, 7) is 9.68. The van der Waals surface area contributed by atoms with Crippen molar-refractivity contribution in [3.8, 4) is 5.75 Å². The fourth-order valence-corrected chi connectivity index (χ4v) is 4.83. The maximum Gasteiger partial charge on any atom is 0.258 e. The van der Waals surface area contributed by atoms with E-state index in [9.17, 15) is 4.79 Å². The summed E-state index contributed by atoms with van der Waals surface area (Å²) >= 11 is 0. The molecule has 2 fully saturated rings. The van der Waals surface area contributed by atoms with Gasteiger partial charge in [0.15, 0.2) is 0 Å². The van der Waals surface area contributed by atoms with E-state index in [4.69, 9.17) is 9.72 Å². The second-order valence-electron chi connectivity index (χ2n) is 8.99. The quantitative estimate of drug-likeness (QED) is 0.501. The molecule has 0 radical (unpaired) electrons. The van der Waals surface area contributed by atoms with Crippen molar-refractivity contribution in [2.45, 2.75) is 65.0 Å². The van der Waals surface area contributed by atoms with E-state index in [2.05, 4.69) is 25.5 Å². The molecule has 0 spiro atoms. The molecule has 2 aliphatic heterocycles. The number of para-hydroxylation sites is 1. The van der Waals surface area contributed by atoms with E-state index in [1.807, 2.05) is 39.0 Å². The SMILES string of the molecule is CC.Cc1cc(C(=O)Nc2nc3cccc(OC4CCNCC4)c3n2C2CCCCNC2)ccn1. The van der Waals surface area contributed by atoms with Gasteiger partial charge in [0, 0.05) is 30.0 Å². The van der Waals surface area contributed by atoms with Crippen LogP contribution in [0.4, 0.5) is 5.95 Å². The number of nitrogens with zero attached hydrogens (tertiary/aromatic N) is 3. The van der Waals surface area contributed by atoms with E-state index in [1.54, 1.807) is 18.3 Å². The van der Waals surface area contributed by atoms with Gasteiger partial charge in [-0.3, -0.25) is 15.1 Å². The topological polar surface area (TPSA) is 93.1 Å². The number of ether oxygens (including phenoxy) is 1. The Kier molecular flexibility index (Phi) is 8.71. The molecule has 8 heteroatoms. The highest BCUT2D eigenvalue weighted by atomic mass is 16.5. The average Bonchev–Trinajstić information content (AvgIpc) is 3.05. The molecule has 5 rings (SSSR count). The summed E-state index contributed by atoms with van der Waals surface area (Å²) in [6, 6.07) is 9.72. The maximum atomic E-state index is 13.1. The number of nitrogens with one attached hydrogen (secondary N) is 3. The monoisotopic (exact) mass is 478 g/mol. The Hall–Kier alpha value is -2.97. The van der Waals surface area contributed by atoms with E-state index in [0.717, 1.165) is 80.8 Å². The lowest BCUT2D eigenvalue weighted by Crippen LogP contribution is -2.34. The molecule has 188 valence electrons. The third-order valence-corrected chi connectivity index (χ3v) is 6.52. The molecule has 1 unspecified atom stereocenters. The third kappa shape index (κ3) is 6.00. The fraction of sp³-hybridized carbons (Fsp3) is 0.519. The molecule has 3 aromatic rings. The van der Waals surface area contributed by atoms with E-state index < -0.39 is 0 Å². The number of carbonyl (C=O) groups is 1. The molecule has 2 saturated heterocycles. The lowest BCUT2D eigenvalue weighted by molar-refractivity contribution is 0.102. The highest BCUT2D eigenvalue weighted by molar-refractivity contribution is 6.04. The number of carbonyl (C=O) groups excluding carboxylic acids is 1. The third-order valence-electron chi connectivity index (χ3n) is 6.52. The summed E-state index contributed by atoms with van der Waals surface area (Å²) in [5.41, 5.74) is 3.19. The predicted molar refractivity (Wildman–Crippen MR) is 140 cm³/mol. The van der Waals surface area contributed by atoms with Crippen LogP contribution in [0.15, 0.2) is 36.5 Å². The first-order valence-electron chi connectivity index (χ1n) is 13.0. The number of aryl methyl sites for hydroxylation is 1. The molecule has 1 aromatic carbocycles. The summed E-state index contributed by atoms with van der Waals surface area (Å²) in [7, 11) is 0. The van der Waals surface area contributed by atoms with Crippen molar-refractivity contribution in [2.24, 2.45) is 0 Å². The first-order valence-corrected chi connectivity index (χ1v) is 13.0. The molecular weight excluding hydrogens is 440 g/mol. The van der Waals surface area contributed by atoms with E-state index in [1.165, 1.54) is 0 Å². The zero-order chi connectivity index (χ0) is 24.6. The number of fused-ring (bicyclic) bond motifs is 1. The lowest BCUT2D eigenvalue weighted by Gasteiger charge is -2.26. The molecule has 3 N–H and O–H groups in total. The number of piperidine rings is 1. The van der Waals surface area contributed by atoms with Gasteiger partial charge in [-0.05, 0) is 76.5 Å². The van der Waals surface area contributed by atoms with Gasteiger partial charge < -0.3 is 19.9 Å². The van der Waals surface area contributed by atoms with Crippen LogP contribution in [0, 0.1) is 6.92 Å². The van der Waals surface area contributed by atoms with Crippen molar-refractivity contribution in [3.05, 3.63) is 47.8 Å². The zero-order valence-electron chi connectivity index (χ0n) is 21.1. The van der Waals surface area contributed by atoms with Gasteiger partial charge in [-0.1, -0.05) is 26.3 Å². The minimum atomic E-state index is -0.181. The van der Waals surface area contributed by atoms with Gasteiger partial charge >= 0.3 is 0 Å². The minimum Gasteiger partial charge on any atom is -0.488 e. The number of pyridine rings is 1. The average molecular weight is 479 g/mol. The number of rotatable bonds is 5. The van der Waals surface area contributed by atoms with Gasteiger partial charge in [0.25, 0.3) is 5.91 Å². The van der Waals surface area contributed by atoms with Crippen LogP contribution >= 0.6 is 0 Å². The second kappa shape index (κ2) is 12.1. The largest absolute Gasteiger partial charge is 0.488 e. The molecule has 8 nitrogen and oxygen atoms in total. The van der Waals surface area contributed by atoms with Crippen LogP contribution in [0.25, 0.3) is 11.0 Å². The number of hydrogen-bond acceptors (Lipinski definition) is 6. The van der Waals surface area contributed by atoms with Gasteiger partial charge in [0.1, 0.15) is 17.4 Å². The summed E-state index contributed by atoms with van der Waals surface area (Å²) in [5.74, 6) is 1.23. The molecule has 0 saturated carbocycles. The Morgan fingerprint density at radius 1 is 1.09 bits per heavy atom. The van der Waals surface area contributed by atoms with Crippen molar-refractivity contribution in [2.75, 3.05) is 31.5 Å². The number of anilines is 1. The Morgan fingerprint density at radius 2 is 1.91 bits per heavy atom. The first kappa shape index (κ1) is 25.1. The number of amides is 1. The lowest BCUT2D eigenvalue weighted by atomic mass is 10.1. The smallest absolute Gasteiger partial charge is 0.258 e. The maximum absolute atomic E-state index is 13.1. The Morgan fingerprint density at radius 3 is 2.71 bits per heavy atom. The Balaban J connectivity index is 0.00000141. The number of imidazole rings is 1. The van der Waals surface area contributed by atoms with Crippen LogP contribution < -0.4 is 20.7 Å². The van der Waals surface area contributed by atoms with Crippen LogP contribution in [0.5, 0.6) is 5.75 Å². The van der Waals surface area contributed by atoms with Crippen molar-refractivity contribution < 1.29 is 9.53 Å². The molecule has 2 aliphatic rings. The highest BCUT2D eigenvalue weighted by Gasteiger charge is 2.25. The number of benzene rings is 1. The molecule has 0 bridgehead atoms. The van der Waals surface area contributed by atoms with E-state index >= 15 is 0 Å². The second-order valence-corrected chi connectivity index (χ2v) is 8.99. The van der Waals surface area contributed by atoms with Crippen LogP contribution in [0.1, 0.15) is 68.0 Å². The van der Waals surface area contributed by atoms with Gasteiger partial charge in [-0.2, -0.15) is 0 Å². The predicted octanol–water partition coefficient (Wildman–Crippen LogP) is 4.46. The standard InChI is InChI=1S/C25H32N6O2.C2H6/c1-17-15-18(8-14-28-17)24(32)30-25-29-21-6-4-7-22(33-20-9-12-26-13-10-20)23(21)31(25)19-5-2-3-11-27-16-19;1-2/h4,6-8,14-15,19-20,26-27H,2-3,5,9-13,16H2,1H3,(H,29,30,32);1-2H3. The fourth-order valence-electron chi connectivity index (χ4n) is 4.83. The van der Waals surface area contributed by atoms with E-state index in [0.29, 0.717) is 11.5 Å². The van der Waals surface area contributed by atoms with Gasteiger partial charge in [-0.15, -0.1) is 0 Å². The Labute approximate surface area is 207 Å². The highest BCUT2D eigenvalue weighted by Crippen LogP contribution is 2.35. The molecule has 2 aromatic heterocycles. The van der Waals surface area contributed by atoms with Gasteiger partial charge in [-0.25, -0.2) is 4.98 Å². The summed E-state index contributed by atoms with van der Waals surface area (Å²) < 4.78 is 8.70. The normalized spacial score (nSPS) is 18.9. The summed E-state index contributed by atoms with van der Waals surface area (Å²) in [4.78, 5) is 22.2.